The molecule has 0 N–H and O–H groups in total. The van der Waals surface area contributed by atoms with E-state index in [0.29, 0.717) is 0 Å². The number of carbonyl (C=O) groups excluding carboxylic acids is 1. The van der Waals surface area contributed by atoms with E-state index < -0.39 is 10.7 Å². The maximum atomic E-state index is 12.8. The summed E-state index contributed by atoms with van der Waals surface area (Å²) in [6, 6.07) is 9.43. The number of aryl methyl sites for hydroxylation is 1. The predicted molar refractivity (Wildman–Crippen MR) is 74.1 cm³/mol. The zero-order chi connectivity index (χ0) is 15.4. The number of nitro groups is 1. The molecule has 0 aliphatic rings. The number of benzene rings is 2. The quantitative estimate of drug-likeness (QED) is 0.481. The molecule has 0 aliphatic carbocycles. The Labute approximate surface area is 120 Å². The van der Waals surface area contributed by atoms with Gasteiger partial charge in [0.15, 0.2) is 18.1 Å². The number of halogens is 1. The van der Waals surface area contributed by atoms with Gasteiger partial charge in [-0.1, -0.05) is 6.07 Å². The topological polar surface area (TPSA) is 69.4 Å². The molecule has 0 aliphatic heterocycles. The third-order valence-corrected chi connectivity index (χ3v) is 2.84. The number of rotatable bonds is 5. The summed E-state index contributed by atoms with van der Waals surface area (Å²) in [6.07, 6.45) is 0. The molecule has 2 rings (SSSR count). The van der Waals surface area contributed by atoms with E-state index in [0.717, 1.165) is 5.56 Å². The highest BCUT2D eigenvalue weighted by Crippen LogP contribution is 2.27. The Morgan fingerprint density at radius 3 is 2.52 bits per heavy atom. The van der Waals surface area contributed by atoms with E-state index in [1.165, 1.54) is 36.4 Å². The molecule has 5 nitrogen and oxygen atoms in total. The maximum Gasteiger partial charge on any atom is 0.310 e. The van der Waals surface area contributed by atoms with Gasteiger partial charge in [0.2, 0.25) is 0 Å². The minimum absolute atomic E-state index is 0.0375. The van der Waals surface area contributed by atoms with Crippen LogP contribution in [-0.2, 0) is 0 Å². The van der Waals surface area contributed by atoms with Gasteiger partial charge in [0.1, 0.15) is 5.82 Å². The zero-order valence-corrected chi connectivity index (χ0v) is 11.2. The van der Waals surface area contributed by atoms with Crippen molar-refractivity contribution in [2.24, 2.45) is 0 Å². The van der Waals surface area contributed by atoms with Gasteiger partial charge in [-0.2, -0.15) is 0 Å². The second-order valence-corrected chi connectivity index (χ2v) is 4.45. The molecular formula is C15H12FNO4. The lowest BCUT2D eigenvalue weighted by Crippen LogP contribution is -2.12. The molecule has 0 aromatic heterocycles. The number of carbonyl (C=O) groups is 1. The number of hydrogen-bond donors (Lipinski definition) is 0. The van der Waals surface area contributed by atoms with Gasteiger partial charge in [-0.3, -0.25) is 14.9 Å². The largest absolute Gasteiger partial charge is 0.478 e. The Balaban J connectivity index is 2.12. The standard InChI is InChI=1S/C15H12FNO4/c1-10-2-7-13(17(19)20)15(8-10)21-9-14(18)11-3-5-12(16)6-4-11/h2-8H,9H2,1H3. The first-order valence-corrected chi connectivity index (χ1v) is 6.14. The zero-order valence-electron chi connectivity index (χ0n) is 11.2. The van der Waals surface area contributed by atoms with Crippen molar-refractivity contribution in [3.8, 4) is 5.75 Å². The molecule has 0 spiro atoms. The third-order valence-electron chi connectivity index (χ3n) is 2.84. The van der Waals surface area contributed by atoms with E-state index in [9.17, 15) is 19.3 Å². The summed E-state index contributed by atoms with van der Waals surface area (Å²) in [4.78, 5) is 22.2. The van der Waals surface area contributed by atoms with Crippen LogP contribution in [0.5, 0.6) is 5.75 Å². The van der Waals surface area contributed by atoms with Gasteiger partial charge in [0, 0.05) is 11.6 Å². The third kappa shape index (κ3) is 3.62. The minimum Gasteiger partial charge on any atom is -0.478 e. The van der Waals surface area contributed by atoms with Crippen molar-refractivity contribution in [2.45, 2.75) is 6.92 Å². The van der Waals surface area contributed by atoms with E-state index in [4.69, 9.17) is 4.74 Å². The lowest BCUT2D eigenvalue weighted by atomic mass is 10.1. The Morgan fingerprint density at radius 2 is 1.90 bits per heavy atom. The average Bonchev–Trinajstić information content (AvgIpc) is 2.45. The summed E-state index contributed by atoms with van der Waals surface area (Å²) in [5.74, 6) is -0.789. The first-order chi connectivity index (χ1) is 9.97. The SMILES string of the molecule is Cc1ccc([N+](=O)[O-])c(OCC(=O)c2ccc(F)cc2)c1. The number of ketones is 1. The fraction of sp³-hybridized carbons (Fsp3) is 0.133. The molecule has 6 heteroatoms. The van der Waals surface area contributed by atoms with Crippen LogP contribution >= 0.6 is 0 Å². The molecule has 0 radical (unpaired) electrons. The highest BCUT2D eigenvalue weighted by Gasteiger charge is 2.16. The Kier molecular flexibility index (Phi) is 4.27. The molecule has 2 aromatic rings. The molecule has 0 unspecified atom stereocenters. The van der Waals surface area contributed by atoms with Crippen molar-refractivity contribution < 1.29 is 18.8 Å². The van der Waals surface area contributed by atoms with E-state index in [-0.39, 0.29) is 29.4 Å². The second kappa shape index (κ2) is 6.13. The van der Waals surface area contributed by atoms with Crippen molar-refractivity contribution in [1.29, 1.82) is 0 Å². The summed E-state index contributed by atoms with van der Waals surface area (Å²) in [5.41, 5.74) is 0.865. The van der Waals surface area contributed by atoms with Crippen LogP contribution in [0.2, 0.25) is 0 Å². The molecular weight excluding hydrogens is 277 g/mol. The van der Waals surface area contributed by atoms with Gasteiger partial charge < -0.3 is 4.74 Å². The Bertz CT molecular complexity index is 683. The van der Waals surface area contributed by atoms with Crippen molar-refractivity contribution in [3.63, 3.8) is 0 Å². The van der Waals surface area contributed by atoms with Gasteiger partial charge >= 0.3 is 5.69 Å². The highest BCUT2D eigenvalue weighted by atomic mass is 19.1. The maximum absolute atomic E-state index is 12.8. The lowest BCUT2D eigenvalue weighted by molar-refractivity contribution is -0.385. The molecule has 0 heterocycles. The fourth-order valence-electron chi connectivity index (χ4n) is 1.75. The lowest BCUT2D eigenvalue weighted by Gasteiger charge is -2.07. The van der Waals surface area contributed by atoms with Crippen LogP contribution in [0.3, 0.4) is 0 Å². The van der Waals surface area contributed by atoms with Gasteiger partial charge in [0.25, 0.3) is 0 Å². The molecule has 21 heavy (non-hydrogen) atoms. The number of nitro benzene ring substituents is 1. The fourth-order valence-corrected chi connectivity index (χ4v) is 1.75. The average molecular weight is 289 g/mol. The van der Waals surface area contributed by atoms with Gasteiger partial charge in [-0.25, -0.2) is 4.39 Å². The van der Waals surface area contributed by atoms with Crippen LogP contribution in [0.1, 0.15) is 15.9 Å². The number of hydrogen-bond acceptors (Lipinski definition) is 4. The first-order valence-electron chi connectivity index (χ1n) is 6.14. The summed E-state index contributed by atoms with van der Waals surface area (Å²) < 4.78 is 18.0. The van der Waals surface area contributed by atoms with E-state index in [2.05, 4.69) is 0 Å². The molecule has 2 aromatic carbocycles. The van der Waals surface area contributed by atoms with Crippen LogP contribution < -0.4 is 4.74 Å². The van der Waals surface area contributed by atoms with Crippen LogP contribution in [0.4, 0.5) is 10.1 Å². The van der Waals surface area contributed by atoms with Crippen LogP contribution in [0, 0.1) is 22.9 Å². The second-order valence-electron chi connectivity index (χ2n) is 4.45. The van der Waals surface area contributed by atoms with Crippen molar-refractivity contribution >= 4 is 11.5 Å². The Morgan fingerprint density at radius 1 is 1.24 bits per heavy atom. The van der Waals surface area contributed by atoms with Gasteiger partial charge in [-0.05, 0) is 42.8 Å². The van der Waals surface area contributed by atoms with Gasteiger partial charge in [-0.15, -0.1) is 0 Å². The van der Waals surface area contributed by atoms with E-state index in [1.807, 2.05) is 0 Å². The van der Waals surface area contributed by atoms with E-state index >= 15 is 0 Å². The first kappa shape index (κ1) is 14.6. The molecule has 0 saturated carbocycles. The molecule has 108 valence electrons. The van der Waals surface area contributed by atoms with Crippen LogP contribution in [0.25, 0.3) is 0 Å². The monoisotopic (exact) mass is 289 g/mol. The number of Topliss-reactive ketones (excluding diaryl/α,β-unsaturated/α-hetero) is 1. The van der Waals surface area contributed by atoms with Crippen LogP contribution in [-0.4, -0.2) is 17.3 Å². The molecule has 0 bridgehead atoms. The molecule has 0 saturated heterocycles. The normalized spacial score (nSPS) is 10.2. The van der Waals surface area contributed by atoms with Crippen molar-refractivity contribution in [2.75, 3.05) is 6.61 Å². The predicted octanol–water partition coefficient (Wildman–Crippen LogP) is 3.30. The summed E-state index contributed by atoms with van der Waals surface area (Å²) in [5, 5.41) is 10.9. The van der Waals surface area contributed by atoms with Crippen LogP contribution in [0.15, 0.2) is 42.5 Å². The molecule has 0 amide bonds. The number of nitrogens with zero attached hydrogens (tertiary/aromatic N) is 1. The highest BCUT2D eigenvalue weighted by molar-refractivity contribution is 5.97. The number of ether oxygens (including phenoxy) is 1. The van der Waals surface area contributed by atoms with E-state index in [1.54, 1.807) is 13.0 Å². The Hall–Kier alpha value is -2.76. The van der Waals surface area contributed by atoms with Gasteiger partial charge in [0.05, 0.1) is 4.92 Å². The molecule has 0 atom stereocenters. The van der Waals surface area contributed by atoms with Crippen molar-refractivity contribution in [1.82, 2.24) is 0 Å². The van der Waals surface area contributed by atoms with Crippen molar-refractivity contribution in [3.05, 3.63) is 69.5 Å². The summed E-state index contributed by atoms with van der Waals surface area (Å²) in [7, 11) is 0. The smallest absolute Gasteiger partial charge is 0.310 e. The molecule has 0 fully saturated rings. The summed E-state index contributed by atoms with van der Waals surface area (Å²) >= 11 is 0. The minimum atomic E-state index is -0.572. The summed E-state index contributed by atoms with van der Waals surface area (Å²) in [6.45, 7) is 1.41.